The molecule has 0 radical (unpaired) electrons. The summed E-state index contributed by atoms with van der Waals surface area (Å²) in [6.07, 6.45) is 1.75. The van der Waals surface area contributed by atoms with Gasteiger partial charge in [-0.05, 0) is 49.4 Å². The van der Waals surface area contributed by atoms with Gasteiger partial charge in [-0.15, -0.1) is 0 Å². The molecule has 0 heterocycles. The summed E-state index contributed by atoms with van der Waals surface area (Å²) in [5.41, 5.74) is 1.70. The summed E-state index contributed by atoms with van der Waals surface area (Å²) in [5, 5.41) is 0.657. The average molecular weight is 290 g/mol. The molecular formula is C16H16ClNO2. The largest absolute Gasteiger partial charge is 0.497 e. The molecule has 20 heavy (non-hydrogen) atoms. The fourth-order valence-corrected chi connectivity index (χ4v) is 1.90. The molecule has 0 aromatic heterocycles. The van der Waals surface area contributed by atoms with Crippen LogP contribution in [0.25, 0.3) is 0 Å². The highest BCUT2D eigenvalue weighted by molar-refractivity contribution is 6.30. The van der Waals surface area contributed by atoms with Gasteiger partial charge in [0.1, 0.15) is 11.5 Å². The van der Waals surface area contributed by atoms with E-state index < -0.39 is 0 Å². The van der Waals surface area contributed by atoms with E-state index in [1.807, 2.05) is 43.3 Å². The second-order valence-corrected chi connectivity index (χ2v) is 4.51. The molecule has 0 amide bonds. The van der Waals surface area contributed by atoms with Crippen molar-refractivity contribution < 1.29 is 9.47 Å². The Morgan fingerprint density at radius 2 is 1.90 bits per heavy atom. The maximum Gasteiger partial charge on any atom is 0.128 e. The first-order valence-corrected chi connectivity index (χ1v) is 6.71. The van der Waals surface area contributed by atoms with Crippen molar-refractivity contribution in [2.45, 2.75) is 6.92 Å². The van der Waals surface area contributed by atoms with Gasteiger partial charge in [-0.3, -0.25) is 4.99 Å². The van der Waals surface area contributed by atoms with E-state index in [0.29, 0.717) is 11.6 Å². The monoisotopic (exact) mass is 289 g/mol. The third kappa shape index (κ3) is 3.75. The molecule has 0 bridgehead atoms. The molecule has 0 unspecified atom stereocenters. The Kier molecular flexibility index (Phi) is 5.02. The highest BCUT2D eigenvalue weighted by Crippen LogP contribution is 2.23. The van der Waals surface area contributed by atoms with E-state index in [9.17, 15) is 0 Å². The van der Waals surface area contributed by atoms with E-state index in [1.54, 1.807) is 19.4 Å². The third-order valence-corrected chi connectivity index (χ3v) is 2.93. The molecule has 2 aromatic rings. The Morgan fingerprint density at radius 3 is 2.55 bits per heavy atom. The van der Waals surface area contributed by atoms with E-state index in [4.69, 9.17) is 21.1 Å². The number of methoxy groups -OCH3 is 1. The van der Waals surface area contributed by atoms with Crippen LogP contribution in [0.1, 0.15) is 12.5 Å². The molecule has 0 saturated heterocycles. The maximum absolute atomic E-state index is 6.00. The Hall–Kier alpha value is -2.00. The smallest absolute Gasteiger partial charge is 0.128 e. The van der Waals surface area contributed by atoms with Crippen LogP contribution < -0.4 is 9.47 Å². The van der Waals surface area contributed by atoms with Crippen LogP contribution in [0.5, 0.6) is 11.5 Å². The summed E-state index contributed by atoms with van der Waals surface area (Å²) in [5.74, 6) is 1.58. The predicted molar refractivity (Wildman–Crippen MR) is 82.9 cm³/mol. The van der Waals surface area contributed by atoms with Crippen LogP contribution in [0, 0.1) is 0 Å². The second kappa shape index (κ2) is 6.96. The lowest BCUT2D eigenvalue weighted by Gasteiger charge is -2.07. The first-order chi connectivity index (χ1) is 9.72. The minimum atomic E-state index is 0.602. The molecular weight excluding hydrogens is 274 g/mol. The molecule has 3 nitrogen and oxygen atoms in total. The van der Waals surface area contributed by atoms with Crippen molar-refractivity contribution in [1.29, 1.82) is 0 Å². The molecule has 2 rings (SSSR count). The van der Waals surface area contributed by atoms with E-state index in [-0.39, 0.29) is 0 Å². The SMILES string of the molecule is CCOc1ccc(Cl)cc1C=Nc1ccc(OC)cc1. The minimum Gasteiger partial charge on any atom is -0.497 e. The van der Waals surface area contributed by atoms with Crippen molar-refractivity contribution in [2.75, 3.05) is 13.7 Å². The Morgan fingerprint density at radius 1 is 1.15 bits per heavy atom. The van der Waals surface area contributed by atoms with E-state index >= 15 is 0 Å². The zero-order valence-electron chi connectivity index (χ0n) is 11.5. The van der Waals surface area contributed by atoms with Crippen molar-refractivity contribution in [3.63, 3.8) is 0 Å². The summed E-state index contributed by atoms with van der Waals surface area (Å²) < 4.78 is 10.7. The van der Waals surface area contributed by atoms with E-state index in [2.05, 4.69) is 4.99 Å². The summed E-state index contributed by atoms with van der Waals surface area (Å²) in [6, 6.07) is 13.0. The van der Waals surface area contributed by atoms with Crippen molar-refractivity contribution in [2.24, 2.45) is 4.99 Å². The number of hydrogen-bond donors (Lipinski definition) is 0. The fraction of sp³-hybridized carbons (Fsp3) is 0.188. The summed E-state index contributed by atoms with van der Waals surface area (Å²) in [7, 11) is 1.64. The van der Waals surface area contributed by atoms with Crippen LogP contribution >= 0.6 is 11.6 Å². The summed E-state index contributed by atoms with van der Waals surface area (Å²) >= 11 is 6.00. The summed E-state index contributed by atoms with van der Waals surface area (Å²) in [6.45, 7) is 2.55. The van der Waals surface area contributed by atoms with E-state index in [0.717, 1.165) is 22.7 Å². The maximum atomic E-state index is 6.00. The van der Waals surface area contributed by atoms with Crippen molar-refractivity contribution >= 4 is 23.5 Å². The lowest BCUT2D eigenvalue weighted by Crippen LogP contribution is -1.95. The molecule has 0 aliphatic rings. The Bertz CT molecular complexity index is 594. The van der Waals surface area contributed by atoms with Gasteiger partial charge in [-0.2, -0.15) is 0 Å². The Balaban J connectivity index is 2.22. The molecule has 4 heteroatoms. The van der Waals surface area contributed by atoms with Crippen LogP contribution in [0.4, 0.5) is 5.69 Å². The normalized spacial score (nSPS) is 10.8. The molecule has 0 spiro atoms. The van der Waals surface area contributed by atoms with Gasteiger partial charge in [0.05, 0.1) is 19.4 Å². The molecule has 0 fully saturated rings. The van der Waals surface area contributed by atoms with Gasteiger partial charge in [0.15, 0.2) is 0 Å². The van der Waals surface area contributed by atoms with Gasteiger partial charge >= 0.3 is 0 Å². The molecule has 0 saturated carbocycles. The minimum absolute atomic E-state index is 0.602. The predicted octanol–water partition coefficient (Wildman–Crippen LogP) is 4.50. The first kappa shape index (κ1) is 14.4. The fourth-order valence-electron chi connectivity index (χ4n) is 1.72. The number of halogens is 1. The number of nitrogens with zero attached hydrogens (tertiary/aromatic N) is 1. The van der Waals surface area contributed by atoms with Crippen LogP contribution in [0.15, 0.2) is 47.5 Å². The first-order valence-electron chi connectivity index (χ1n) is 6.33. The number of hydrogen-bond acceptors (Lipinski definition) is 3. The quantitative estimate of drug-likeness (QED) is 0.759. The van der Waals surface area contributed by atoms with Gasteiger partial charge in [0, 0.05) is 16.8 Å². The Labute approximate surface area is 123 Å². The van der Waals surface area contributed by atoms with Gasteiger partial charge in [0.25, 0.3) is 0 Å². The van der Waals surface area contributed by atoms with Crippen molar-refractivity contribution in [3.05, 3.63) is 53.1 Å². The average Bonchev–Trinajstić information content (AvgIpc) is 2.48. The van der Waals surface area contributed by atoms with Gasteiger partial charge in [0.2, 0.25) is 0 Å². The zero-order valence-corrected chi connectivity index (χ0v) is 12.2. The molecule has 0 atom stereocenters. The van der Waals surface area contributed by atoms with E-state index in [1.165, 1.54) is 0 Å². The second-order valence-electron chi connectivity index (χ2n) is 4.07. The van der Waals surface area contributed by atoms with Crippen LogP contribution in [0.2, 0.25) is 5.02 Å². The van der Waals surface area contributed by atoms with Crippen LogP contribution in [0.3, 0.4) is 0 Å². The highest BCUT2D eigenvalue weighted by atomic mass is 35.5. The van der Waals surface area contributed by atoms with Gasteiger partial charge < -0.3 is 9.47 Å². The topological polar surface area (TPSA) is 30.8 Å². The van der Waals surface area contributed by atoms with Crippen molar-refractivity contribution in [3.8, 4) is 11.5 Å². The lowest BCUT2D eigenvalue weighted by molar-refractivity contribution is 0.340. The number of rotatable bonds is 5. The summed E-state index contributed by atoms with van der Waals surface area (Å²) in [4.78, 5) is 4.42. The van der Waals surface area contributed by atoms with Gasteiger partial charge in [-0.25, -0.2) is 0 Å². The lowest BCUT2D eigenvalue weighted by atomic mass is 10.2. The molecule has 2 aromatic carbocycles. The number of ether oxygens (including phenoxy) is 2. The number of aliphatic imine (C=N–C) groups is 1. The molecule has 0 aliphatic heterocycles. The molecule has 0 N–H and O–H groups in total. The van der Waals surface area contributed by atoms with Crippen LogP contribution in [-0.2, 0) is 0 Å². The third-order valence-electron chi connectivity index (χ3n) is 2.70. The molecule has 0 aliphatic carbocycles. The highest BCUT2D eigenvalue weighted by Gasteiger charge is 2.02. The standard InChI is InChI=1S/C16H16ClNO2/c1-3-20-16-9-4-13(17)10-12(16)11-18-14-5-7-15(19-2)8-6-14/h4-11H,3H2,1-2H3. The number of benzene rings is 2. The molecule has 104 valence electrons. The zero-order chi connectivity index (χ0) is 14.4. The van der Waals surface area contributed by atoms with Crippen molar-refractivity contribution in [1.82, 2.24) is 0 Å². The van der Waals surface area contributed by atoms with Gasteiger partial charge in [-0.1, -0.05) is 11.6 Å². The van der Waals surface area contributed by atoms with Crippen LogP contribution in [-0.4, -0.2) is 19.9 Å².